The van der Waals surface area contributed by atoms with Crippen LogP contribution in [0.5, 0.6) is 0 Å². The molecule has 1 aliphatic heterocycles. The first-order valence-electron chi connectivity index (χ1n) is 6.51. The van der Waals surface area contributed by atoms with E-state index in [-0.39, 0.29) is 16.4 Å². The van der Waals surface area contributed by atoms with Crippen molar-refractivity contribution in [1.82, 2.24) is 4.31 Å². The zero-order valence-electron chi connectivity index (χ0n) is 11.5. The van der Waals surface area contributed by atoms with E-state index in [1.165, 1.54) is 16.4 Å². The molecule has 0 spiro atoms. The van der Waals surface area contributed by atoms with Gasteiger partial charge in [0.25, 0.3) is 0 Å². The number of aromatic carboxylic acids is 1. The van der Waals surface area contributed by atoms with Gasteiger partial charge < -0.3 is 10.8 Å². The zero-order chi connectivity index (χ0) is 15.8. The Morgan fingerprint density at radius 3 is 2.71 bits per heavy atom. The molecule has 1 aliphatic rings. The number of benzene rings is 1. The molecule has 1 atom stereocenters. The first-order chi connectivity index (χ1) is 9.77. The lowest BCUT2D eigenvalue weighted by Crippen LogP contribution is -2.30. The lowest BCUT2D eigenvalue weighted by Gasteiger charge is -2.19. The van der Waals surface area contributed by atoms with Gasteiger partial charge in [0.2, 0.25) is 10.0 Å². The van der Waals surface area contributed by atoms with Crippen molar-refractivity contribution in [3.8, 4) is 0 Å². The van der Waals surface area contributed by atoms with Gasteiger partial charge in [0, 0.05) is 17.6 Å². The van der Waals surface area contributed by atoms with Crippen LogP contribution in [0.15, 0.2) is 21.5 Å². The summed E-state index contributed by atoms with van der Waals surface area (Å²) < 4.78 is 27.3. The molecule has 6 nitrogen and oxygen atoms in total. The van der Waals surface area contributed by atoms with Gasteiger partial charge in [-0.2, -0.15) is 4.31 Å². The molecule has 0 aromatic heterocycles. The number of nitrogens with two attached hydrogens (primary N) is 1. The second-order valence-electron chi connectivity index (χ2n) is 5.14. The fourth-order valence-corrected chi connectivity index (χ4v) is 4.79. The summed E-state index contributed by atoms with van der Waals surface area (Å²) in [4.78, 5) is 11.2. The van der Waals surface area contributed by atoms with Crippen LogP contribution < -0.4 is 5.73 Å². The number of carbonyl (C=O) groups is 1. The molecule has 0 amide bonds. The van der Waals surface area contributed by atoms with E-state index in [0.29, 0.717) is 29.7 Å². The van der Waals surface area contributed by atoms with Crippen molar-refractivity contribution in [1.29, 1.82) is 0 Å². The Balaban J connectivity index is 2.47. The molecule has 1 saturated heterocycles. The van der Waals surface area contributed by atoms with Crippen molar-refractivity contribution in [2.75, 3.05) is 19.6 Å². The van der Waals surface area contributed by atoms with E-state index in [2.05, 4.69) is 15.9 Å². The third-order valence-electron chi connectivity index (χ3n) is 3.74. The van der Waals surface area contributed by atoms with Crippen molar-refractivity contribution in [2.45, 2.75) is 18.2 Å². The summed E-state index contributed by atoms with van der Waals surface area (Å²) >= 11 is 3.23. The lowest BCUT2D eigenvalue weighted by molar-refractivity contribution is 0.0696. The van der Waals surface area contributed by atoms with Gasteiger partial charge in [-0.05, 0) is 43.5 Å². The topological polar surface area (TPSA) is 101 Å². The van der Waals surface area contributed by atoms with Gasteiger partial charge >= 0.3 is 5.97 Å². The molecule has 0 aliphatic carbocycles. The summed E-state index contributed by atoms with van der Waals surface area (Å²) in [5.74, 6) is -1.00. The smallest absolute Gasteiger partial charge is 0.335 e. The molecular formula is C13H17BrN2O4S. The molecule has 1 aromatic carbocycles. The van der Waals surface area contributed by atoms with Crippen molar-refractivity contribution < 1.29 is 18.3 Å². The van der Waals surface area contributed by atoms with Crippen molar-refractivity contribution >= 4 is 31.9 Å². The quantitative estimate of drug-likeness (QED) is 0.827. The maximum atomic E-state index is 12.7. The maximum absolute atomic E-state index is 12.7. The highest BCUT2D eigenvalue weighted by Gasteiger charge is 2.33. The fourth-order valence-electron chi connectivity index (χ4n) is 2.39. The Hall–Kier alpha value is -0.960. The van der Waals surface area contributed by atoms with E-state index < -0.39 is 16.0 Å². The minimum atomic E-state index is -3.71. The largest absolute Gasteiger partial charge is 0.478 e. The molecule has 3 N–H and O–H groups in total. The van der Waals surface area contributed by atoms with Crippen LogP contribution in [-0.2, 0) is 10.0 Å². The number of carboxylic acid groups (broad SMARTS) is 1. The predicted molar refractivity (Wildman–Crippen MR) is 81.8 cm³/mol. The molecule has 0 radical (unpaired) electrons. The molecule has 1 aromatic rings. The van der Waals surface area contributed by atoms with Gasteiger partial charge in [-0.15, -0.1) is 0 Å². The Bertz CT molecular complexity index is 675. The van der Waals surface area contributed by atoms with E-state index in [9.17, 15) is 13.2 Å². The Kier molecular flexibility index (Phi) is 4.72. The first-order valence-corrected chi connectivity index (χ1v) is 8.74. The molecule has 1 unspecified atom stereocenters. The van der Waals surface area contributed by atoms with E-state index >= 15 is 0 Å². The third-order valence-corrected chi connectivity index (χ3v) is 6.56. The molecule has 2 rings (SSSR count). The van der Waals surface area contributed by atoms with Crippen LogP contribution in [0, 0.1) is 12.8 Å². The van der Waals surface area contributed by atoms with Crippen LogP contribution in [0.3, 0.4) is 0 Å². The summed E-state index contributed by atoms with van der Waals surface area (Å²) in [5.41, 5.74) is 6.04. The van der Waals surface area contributed by atoms with Crippen LogP contribution in [0.1, 0.15) is 22.3 Å². The Morgan fingerprint density at radius 1 is 1.52 bits per heavy atom. The van der Waals surface area contributed by atoms with Crippen LogP contribution in [-0.4, -0.2) is 43.4 Å². The standard InChI is InChI=1S/C13H17BrN2O4S/c1-8-11(14)4-10(13(17)18)5-12(8)21(19,20)16-3-2-9(6-15)7-16/h4-5,9H,2-3,6-7,15H2,1H3,(H,17,18). The second-order valence-corrected chi connectivity index (χ2v) is 7.90. The molecule has 21 heavy (non-hydrogen) atoms. The predicted octanol–water partition coefficient (Wildman–Crippen LogP) is 1.43. The van der Waals surface area contributed by atoms with Gasteiger partial charge in [-0.3, -0.25) is 0 Å². The number of hydrogen-bond donors (Lipinski definition) is 2. The number of hydrogen-bond acceptors (Lipinski definition) is 4. The molecule has 0 saturated carbocycles. The maximum Gasteiger partial charge on any atom is 0.335 e. The molecule has 1 heterocycles. The van der Waals surface area contributed by atoms with E-state index in [1.807, 2.05) is 0 Å². The SMILES string of the molecule is Cc1c(Br)cc(C(=O)O)cc1S(=O)(=O)N1CCC(CN)C1. The highest BCUT2D eigenvalue weighted by molar-refractivity contribution is 9.10. The average Bonchev–Trinajstić information content (AvgIpc) is 2.90. The third kappa shape index (κ3) is 3.13. The number of rotatable bonds is 4. The van der Waals surface area contributed by atoms with E-state index in [4.69, 9.17) is 10.8 Å². The summed E-state index contributed by atoms with van der Waals surface area (Å²) in [6.45, 7) is 2.90. The normalized spacial score (nSPS) is 19.9. The van der Waals surface area contributed by atoms with Gasteiger partial charge in [-0.1, -0.05) is 15.9 Å². The first kappa shape index (κ1) is 16.4. The minimum absolute atomic E-state index is 0.0342. The van der Waals surface area contributed by atoms with E-state index in [0.717, 1.165) is 6.42 Å². The number of nitrogens with zero attached hydrogens (tertiary/aromatic N) is 1. The molecule has 0 bridgehead atoms. The summed E-state index contributed by atoms with van der Waals surface area (Å²) in [7, 11) is -3.71. The van der Waals surface area contributed by atoms with Crippen LogP contribution in [0.25, 0.3) is 0 Å². The van der Waals surface area contributed by atoms with Crippen LogP contribution in [0.2, 0.25) is 0 Å². The second kappa shape index (κ2) is 6.04. The average molecular weight is 377 g/mol. The van der Waals surface area contributed by atoms with Crippen molar-refractivity contribution in [2.24, 2.45) is 11.7 Å². The van der Waals surface area contributed by atoms with Crippen LogP contribution in [0.4, 0.5) is 0 Å². The van der Waals surface area contributed by atoms with Gasteiger partial charge in [0.15, 0.2) is 0 Å². The minimum Gasteiger partial charge on any atom is -0.478 e. The number of halogens is 1. The van der Waals surface area contributed by atoms with Gasteiger partial charge in [0.05, 0.1) is 10.5 Å². The Morgan fingerprint density at radius 2 is 2.19 bits per heavy atom. The summed E-state index contributed by atoms with van der Waals surface area (Å²) in [6, 6.07) is 2.62. The van der Waals surface area contributed by atoms with E-state index in [1.54, 1.807) is 6.92 Å². The monoisotopic (exact) mass is 376 g/mol. The fraction of sp³-hybridized carbons (Fsp3) is 0.462. The highest BCUT2D eigenvalue weighted by atomic mass is 79.9. The lowest BCUT2D eigenvalue weighted by atomic mass is 10.1. The van der Waals surface area contributed by atoms with Gasteiger partial charge in [-0.25, -0.2) is 13.2 Å². The molecule has 116 valence electrons. The summed E-state index contributed by atoms with van der Waals surface area (Å²) in [5, 5.41) is 9.09. The zero-order valence-corrected chi connectivity index (χ0v) is 13.9. The van der Waals surface area contributed by atoms with Gasteiger partial charge in [0.1, 0.15) is 0 Å². The van der Waals surface area contributed by atoms with Crippen molar-refractivity contribution in [3.05, 3.63) is 27.7 Å². The molecule has 1 fully saturated rings. The van der Waals surface area contributed by atoms with Crippen LogP contribution >= 0.6 is 15.9 Å². The Labute approximate surface area is 132 Å². The van der Waals surface area contributed by atoms with Crippen molar-refractivity contribution in [3.63, 3.8) is 0 Å². The summed E-state index contributed by atoms with van der Waals surface area (Å²) in [6.07, 6.45) is 0.731. The highest BCUT2D eigenvalue weighted by Crippen LogP contribution is 2.30. The number of carboxylic acids is 1. The molecular weight excluding hydrogens is 360 g/mol. The number of sulfonamides is 1. The molecule has 8 heteroatoms.